The van der Waals surface area contributed by atoms with Crippen molar-refractivity contribution < 1.29 is 0 Å². The highest BCUT2D eigenvalue weighted by molar-refractivity contribution is 6.22. The maximum absolute atomic E-state index is 5.35. The standard InChI is InChI=1S/C52H33N3/c1-3-15-37(16-4-1)52-53-45(33-46(54-52)51-43-21-10-8-17-38(43)32-39-31-28-34-14-7-9-20-41(34)49(39)51)36-29-26-35(27-30-36)42-23-13-25-48-50(42)44-22-11-12-24-47(44)55(48)40-18-5-2-6-19-40/h1-33H. The van der Waals surface area contributed by atoms with Crippen LogP contribution < -0.4 is 0 Å². The van der Waals surface area contributed by atoms with E-state index in [9.17, 15) is 0 Å². The van der Waals surface area contributed by atoms with Crippen LogP contribution in [0.5, 0.6) is 0 Å². The Morgan fingerprint density at radius 2 is 0.964 bits per heavy atom. The Kier molecular flexibility index (Phi) is 7.17. The van der Waals surface area contributed by atoms with E-state index >= 15 is 0 Å². The Labute approximate surface area is 318 Å². The third-order valence-corrected chi connectivity index (χ3v) is 11.0. The third kappa shape index (κ3) is 5.13. The minimum absolute atomic E-state index is 0.706. The lowest BCUT2D eigenvalue weighted by atomic mass is 9.90. The molecule has 0 N–H and O–H groups in total. The molecule has 0 amide bonds. The molecule has 2 aromatic heterocycles. The Bertz CT molecular complexity index is 3230. The molecule has 0 aliphatic carbocycles. The third-order valence-electron chi connectivity index (χ3n) is 11.0. The molecule has 0 saturated carbocycles. The molecule has 3 heteroatoms. The van der Waals surface area contributed by atoms with Gasteiger partial charge in [0.1, 0.15) is 0 Å². The van der Waals surface area contributed by atoms with E-state index in [-0.39, 0.29) is 0 Å². The van der Waals surface area contributed by atoms with Gasteiger partial charge in [-0.2, -0.15) is 0 Å². The minimum Gasteiger partial charge on any atom is -0.309 e. The molecule has 11 rings (SSSR count). The SMILES string of the molecule is c1ccc(-c2nc(-c3ccc(-c4cccc5c4c4ccccc4n5-c4ccccc4)cc3)cc(-c3c4ccccc4cc4ccc5ccccc5c34)n2)cc1. The second kappa shape index (κ2) is 12.6. The van der Waals surface area contributed by atoms with Crippen molar-refractivity contribution in [2.45, 2.75) is 0 Å². The van der Waals surface area contributed by atoms with Crippen LogP contribution in [0.15, 0.2) is 200 Å². The highest BCUT2D eigenvalue weighted by Crippen LogP contribution is 2.42. The molecule has 0 unspecified atom stereocenters. The van der Waals surface area contributed by atoms with Crippen LogP contribution >= 0.6 is 0 Å². The monoisotopic (exact) mass is 699 g/mol. The second-order valence-electron chi connectivity index (χ2n) is 14.2. The number of nitrogens with zero attached hydrogens (tertiary/aromatic N) is 3. The van der Waals surface area contributed by atoms with Gasteiger partial charge in [0.25, 0.3) is 0 Å². The van der Waals surface area contributed by atoms with Crippen LogP contribution in [0.4, 0.5) is 0 Å². The van der Waals surface area contributed by atoms with E-state index in [1.807, 2.05) is 6.07 Å². The summed E-state index contributed by atoms with van der Waals surface area (Å²) in [5.74, 6) is 0.706. The van der Waals surface area contributed by atoms with Crippen LogP contribution in [0, 0.1) is 0 Å². The molecule has 9 aromatic carbocycles. The van der Waals surface area contributed by atoms with Gasteiger partial charge in [-0.05, 0) is 79.8 Å². The van der Waals surface area contributed by atoms with Crippen LogP contribution in [0.3, 0.4) is 0 Å². The second-order valence-corrected chi connectivity index (χ2v) is 14.2. The number of rotatable bonds is 5. The van der Waals surface area contributed by atoms with Gasteiger partial charge in [-0.25, -0.2) is 9.97 Å². The van der Waals surface area contributed by atoms with Gasteiger partial charge in [-0.1, -0.05) is 164 Å². The van der Waals surface area contributed by atoms with Gasteiger partial charge in [-0.3, -0.25) is 0 Å². The molecule has 3 nitrogen and oxygen atoms in total. The maximum atomic E-state index is 5.35. The number of para-hydroxylation sites is 2. The van der Waals surface area contributed by atoms with Crippen molar-refractivity contribution in [3.8, 4) is 50.7 Å². The smallest absolute Gasteiger partial charge is 0.160 e. The summed E-state index contributed by atoms with van der Waals surface area (Å²) in [6.45, 7) is 0. The zero-order valence-corrected chi connectivity index (χ0v) is 29.9. The molecular formula is C52H33N3. The van der Waals surface area contributed by atoms with Gasteiger partial charge < -0.3 is 4.57 Å². The summed E-state index contributed by atoms with van der Waals surface area (Å²) in [5.41, 5.74) is 10.9. The summed E-state index contributed by atoms with van der Waals surface area (Å²) in [6, 6.07) is 71.5. The fourth-order valence-electron chi connectivity index (χ4n) is 8.48. The molecule has 0 atom stereocenters. The number of fused-ring (bicyclic) bond motifs is 7. The molecule has 0 spiro atoms. The van der Waals surface area contributed by atoms with Crippen molar-refractivity contribution >= 4 is 54.1 Å². The lowest BCUT2D eigenvalue weighted by Crippen LogP contribution is -1.97. The van der Waals surface area contributed by atoms with Gasteiger partial charge in [0.15, 0.2) is 5.82 Å². The molecule has 0 radical (unpaired) electrons. The van der Waals surface area contributed by atoms with E-state index in [4.69, 9.17) is 9.97 Å². The first-order valence-corrected chi connectivity index (χ1v) is 18.7. The zero-order valence-electron chi connectivity index (χ0n) is 29.9. The van der Waals surface area contributed by atoms with Crippen LogP contribution in [0.2, 0.25) is 0 Å². The van der Waals surface area contributed by atoms with Gasteiger partial charge in [0, 0.05) is 33.2 Å². The number of hydrogen-bond acceptors (Lipinski definition) is 2. The summed E-state index contributed by atoms with van der Waals surface area (Å²) in [7, 11) is 0. The normalized spacial score (nSPS) is 11.6. The van der Waals surface area contributed by atoms with E-state index in [2.05, 4.69) is 199 Å². The van der Waals surface area contributed by atoms with Crippen molar-refractivity contribution in [3.63, 3.8) is 0 Å². The number of hydrogen-bond donors (Lipinski definition) is 0. The molecule has 0 fully saturated rings. The maximum Gasteiger partial charge on any atom is 0.160 e. The van der Waals surface area contributed by atoms with Crippen molar-refractivity contribution in [2.24, 2.45) is 0 Å². The zero-order chi connectivity index (χ0) is 36.3. The number of aromatic nitrogens is 3. The molecule has 0 aliphatic rings. The molecular weight excluding hydrogens is 667 g/mol. The highest BCUT2D eigenvalue weighted by atomic mass is 15.0. The van der Waals surface area contributed by atoms with Gasteiger partial charge in [-0.15, -0.1) is 0 Å². The predicted molar refractivity (Wildman–Crippen MR) is 231 cm³/mol. The Morgan fingerprint density at radius 3 is 1.78 bits per heavy atom. The van der Waals surface area contributed by atoms with Crippen LogP contribution in [0.1, 0.15) is 0 Å². The summed E-state index contributed by atoms with van der Waals surface area (Å²) in [4.78, 5) is 10.6. The largest absolute Gasteiger partial charge is 0.309 e. The van der Waals surface area contributed by atoms with Crippen molar-refractivity contribution in [3.05, 3.63) is 200 Å². The average Bonchev–Trinajstić information content (AvgIpc) is 3.61. The van der Waals surface area contributed by atoms with E-state index in [1.54, 1.807) is 0 Å². The van der Waals surface area contributed by atoms with E-state index in [1.165, 1.54) is 59.7 Å². The average molecular weight is 700 g/mol. The first-order chi connectivity index (χ1) is 27.3. The first-order valence-electron chi connectivity index (χ1n) is 18.7. The van der Waals surface area contributed by atoms with E-state index in [0.29, 0.717) is 5.82 Å². The molecule has 0 aliphatic heterocycles. The fourth-order valence-corrected chi connectivity index (χ4v) is 8.48. The summed E-state index contributed by atoms with van der Waals surface area (Å²) in [5, 5.41) is 9.68. The Balaban J connectivity index is 1.12. The van der Waals surface area contributed by atoms with Crippen LogP contribution in [0.25, 0.3) is 105 Å². The molecule has 256 valence electrons. The summed E-state index contributed by atoms with van der Waals surface area (Å²) < 4.78 is 2.37. The molecule has 55 heavy (non-hydrogen) atoms. The first kappa shape index (κ1) is 31.2. The molecule has 0 bridgehead atoms. The molecule has 11 aromatic rings. The molecule has 0 saturated heterocycles. The predicted octanol–water partition coefficient (Wildman–Crippen LogP) is 13.7. The fraction of sp³-hybridized carbons (Fsp3) is 0. The van der Waals surface area contributed by atoms with Crippen molar-refractivity contribution in [1.82, 2.24) is 14.5 Å². The Morgan fingerprint density at radius 1 is 0.345 bits per heavy atom. The molecule has 2 heterocycles. The van der Waals surface area contributed by atoms with E-state index in [0.717, 1.165) is 39.3 Å². The lowest BCUT2D eigenvalue weighted by Gasteiger charge is -2.16. The van der Waals surface area contributed by atoms with Gasteiger partial charge >= 0.3 is 0 Å². The van der Waals surface area contributed by atoms with Gasteiger partial charge in [0.2, 0.25) is 0 Å². The minimum atomic E-state index is 0.706. The lowest BCUT2D eigenvalue weighted by molar-refractivity contribution is 1.18. The van der Waals surface area contributed by atoms with Crippen molar-refractivity contribution in [1.29, 1.82) is 0 Å². The highest BCUT2D eigenvalue weighted by Gasteiger charge is 2.19. The van der Waals surface area contributed by atoms with Crippen molar-refractivity contribution in [2.75, 3.05) is 0 Å². The Hall–Kier alpha value is -7.36. The van der Waals surface area contributed by atoms with Gasteiger partial charge in [0.05, 0.1) is 22.4 Å². The number of benzene rings is 9. The van der Waals surface area contributed by atoms with Crippen LogP contribution in [-0.4, -0.2) is 14.5 Å². The van der Waals surface area contributed by atoms with E-state index < -0.39 is 0 Å². The topological polar surface area (TPSA) is 30.7 Å². The summed E-state index contributed by atoms with van der Waals surface area (Å²) >= 11 is 0. The quantitative estimate of drug-likeness (QED) is 0.132. The van der Waals surface area contributed by atoms with Crippen LogP contribution in [-0.2, 0) is 0 Å². The summed E-state index contributed by atoms with van der Waals surface area (Å²) in [6.07, 6.45) is 0.